The van der Waals surface area contributed by atoms with Gasteiger partial charge in [0.05, 0.1) is 13.2 Å². The van der Waals surface area contributed by atoms with Crippen molar-refractivity contribution in [2.75, 3.05) is 26.3 Å². The van der Waals surface area contributed by atoms with E-state index in [0.717, 1.165) is 13.0 Å². The molecule has 5 heteroatoms. The van der Waals surface area contributed by atoms with Crippen molar-refractivity contribution in [2.45, 2.75) is 26.3 Å². The fourth-order valence-corrected chi connectivity index (χ4v) is 2.07. The van der Waals surface area contributed by atoms with E-state index in [-0.39, 0.29) is 11.9 Å². The predicted molar refractivity (Wildman–Crippen MR) is 77.5 cm³/mol. The Morgan fingerprint density at radius 1 is 1.30 bits per heavy atom. The van der Waals surface area contributed by atoms with Gasteiger partial charge in [0.25, 0.3) is 5.91 Å². The van der Waals surface area contributed by atoms with Crippen LogP contribution in [0.4, 0.5) is 0 Å². The van der Waals surface area contributed by atoms with Crippen LogP contribution < -0.4 is 20.1 Å². The molecule has 0 saturated heterocycles. The maximum absolute atomic E-state index is 12.1. The molecule has 2 rings (SSSR count). The van der Waals surface area contributed by atoms with Crippen LogP contribution in [0.1, 0.15) is 30.6 Å². The van der Waals surface area contributed by atoms with Crippen LogP contribution >= 0.6 is 0 Å². The van der Waals surface area contributed by atoms with Gasteiger partial charge in [-0.25, -0.2) is 0 Å². The highest BCUT2D eigenvalue weighted by atomic mass is 16.5. The van der Waals surface area contributed by atoms with E-state index in [9.17, 15) is 4.79 Å². The lowest BCUT2D eigenvalue weighted by atomic mass is 10.2. The maximum Gasteiger partial charge on any atom is 0.251 e. The monoisotopic (exact) mass is 278 g/mol. The van der Waals surface area contributed by atoms with Crippen molar-refractivity contribution >= 4 is 5.91 Å². The number of benzene rings is 1. The lowest BCUT2D eigenvalue weighted by Gasteiger charge is -2.14. The summed E-state index contributed by atoms with van der Waals surface area (Å²) in [5.74, 6) is 1.26. The van der Waals surface area contributed by atoms with Crippen molar-refractivity contribution < 1.29 is 14.3 Å². The summed E-state index contributed by atoms with van der Waals surface area (Å²) in [6, 6.07) is 5.56. The first kappa shape index (κ1) is 14.7. The van der Waals surface area contributed by atoms with Crippen LogP contribution in [0, 0.1) is 0 Å². The van der Waals surface area contributed by atoms with Gasteiger partial charge in [0.2, 0.25) is 0 Å². The number of nitrogens with one attached hydrogen (secondary N) is 2. The number of carbonyl (C=O) groups excluding carboxylic acids is 1. The molecule has 1 aliphatic heterocycles. The minimum absolute atomic E-state index is 0.0922. The van der Waals surface area contributed by atoms with Gasteiger partial charge in [-0.1, -0.05) is 6.92 Å². The largest absolute Gasteiger partial charge is 0.490 e. The quantitative estimate of drug-likeness (QED) is 0.858. The normalized spacial score (nSPS) is 15.3. The van der Waals surface area contributed by atoms with Crippen molar-refractivity contribution in [3.05, 3.63) is 23.8 Å². The Kier molecular flexibility index (Phi) is 5.24. The van der Waals surface area contributed by atoms with Gasteiger partial charge in [0.15, 0.2) is 11.5 Å². The Bertz CT molecular complexity index is 462. The topological polar surface area (TPSA) is 59.6 Å². The van der Waals surface area contributed by atoms with Crippen LogP contribution in [0.25, 0.3) is 0 Å². The summed E-state index contributed by atoms with van der Waals surface area (Å²) in [4.78, 5) is 12.1. The molecule has 0 unspecified atom stereocenters. The average molecular weight is 278 g/mol. The van der Waals surface area contributed by atoms with E-state index in [1.165, 1.54) is 0 Å². The molecule has 2 N–H and O–H groups in total. The minimum atomic E-state index is -0.0922. The Hall–Kier alpha value is -1.75. The maximum atomic E-state index is 12.1. The van der Waals surface area contributed by atoms with Crippen LogP contribution in [-0.2, 0) is 0 Å². The van der Waals surface area contributed by atoms with Gasteiger partial charge in [0, 0.05) is 24.6 Å². The summed E-state index contributed by atoms with van der Waals surface area (Å²) in [5.41, 5.74) is 0.595. The second-order valence-electron chi connectivity index (χ2n) is 4.88. The molecule has 0 bridgehead atoms. The molecule has 0 saturated carbocycles. The van der Waals surface area contributed by atoms with Crippen molar-refractivity contribution in [1.82, 2.24) is 10.6 Å². The molecule has 0 fully saturated rings. The number of fused-ring (bicyclic) bond motifs is 1. The number of amides is 1. The third kappa shape index (κ3) is 3.87. The summed E-state index contributed by atoms with van der Waals surface area (Å²) < 4.78 is 11.1. The molecule has 1 aliphatic rings. The highest BCUT2D eigenvalue weighted by Crippen LogP contribution is 2.30. The molecule has 0 aromatic heterocycles. The van der Waals surface area contributed by atoms with Gasteiger partial charge in [-0.15, -0.1) is 0 Å². The molecule has 1 heterocycles. The standard InChI is InChI=1S/C15H22N2O3/c1-3-16-11(2)10-17-15(18)12-5-6-13-14(9-12)20-8-4-7-19-13/h5-6,9,11,16H,3-4,7-8,10H2,1-2H3,(H,17,18)/t11-/m1/s1. The van der Waals surface area contributed by atoms with Gasteiger partial charge in [-0.3, -0.25) is 4.79 Å². The van der Waals surface area contributed by atoms with Crippen LogP contribution in [0.2, 0.25) is 0 Å². The molecule has 1 aromatic carbocycles. The molecule has 1 amide bonds. The third-order valence-electron chi connectivity index (χ3n) is 3.13. The molecule has 20 heavy (non-hydrogen) atoms. The first-order valence-electron chi connectivity index (χ1n) is 7.12. The van der Waals surface area contributed by atoms with E-state index in [2.05, 4.69) is 10.6 Å². The zero-order valence-electron chi connectivity index (χ0n) is 12.1. The molecule has 1 aromatic rings. The molecule has 0 aliphatic carbocycles. The smallest absolute Gasteiger partial charge is 0.251 e. The number of carbonyl (C=O) groups is 1. The Morgan fingerprint density at radius 2 is 2.05 bits per heavy atom. The molecule has 0 radical (unpaired) electrons. The van der Waals surface area contributed by atoms with Crippen LogP contribution in [-0.4, -0.2) is 38.3 Å². The van der Waals surface area contributed by atoms with Gasteiger partial charge in [-0.2, -0.15) is 0 Å². The first-order chi connectivity index (χ1) is 9.70. The molecule has 5 nitrogen and oxygen atoms in total. The number of hydrogen-bond acceptors (Lipinski definition) is 4. The summed E-state index contributed by atoms with van der Waals surface area (Å²) in [5, 5.41) is 6.16. The fourth-order valence-electron chi connectivity index (χ4n) is 2.07. The summed E-state index contributed by atoms with van der Waals surface area (Å²) in [7, 11) is 0. The van der Waals surface area contributed by atoms with Crippen molar-refractivity contribution in [2.24, 2.45) is 0 Å². The fraction of sp³-hybridized carbons (Fsp3) is 0.533. The molecule has 0 spiro atoms. The number of rotatable bonds is 5. The van der Waals surface area contributed by atoms with Gasteiger partial charge in [0.1, 0.15) is 0 Å². The lowest BCUT2D eigenvalue weighted by molar-refractivity contribution is 0.0950. The lowest BCUT2D eigenvalue weighted by Crippen LogP contribution is -2.38. The predicted octanol–water partition coefficient (Wildman–Crippen LogP) is 1.58. The highest BCUT2D eigenvalue weighted by Gasteiger charge is 2.14. The van der Waals surface area contributed by atoms with Gasteiger partial charge >= 0.3 is 0 Å². The van der Waals surface area contributed by atoms with Crippen LogP contribution in [0.15, 0.2) is 18.2 Å². The highest BCUT2D eigenvalue weighted by molar-refractivity contribution is 5.94. The van der Waals surface area contributed by atoms with Gasteiger partial charge < -0.3 is 20.1 Å². The van der Waals surface area contributed by atoms with E-state index in [1.807, 2.05) is 13.8 Å². The summed E-state index contributed by atoms with van der Waals surface area (Å²) in [6.45, 7) is 6.84. The van der Waals surface area contributed by atoms with Crippen molar-refractivity contribution in [3.8, 4) is 11.5 Å². The van der Waals surface area contributed by atoms with Crippen LogP contribution in [0.3, 0.4) is 0 Å². The van der Waals surface area contributed by atoms with E-state index in [0.29, 0.717) is 36.8 Å². The zero-order chi connectivity index (χ0) is 14.4. The van der Waals surface area contributed by atoms with Crippen LogP contribution in [0.5, 0.6) is 11.5 Å². The molecular formula is C15H22N2O3. The van der Waals surface area contributed by atoms with E-state index in [1.54, 1.807) is 18.2 Å². The number of ether oxygens (including phenoxy) is 2. The second kappa shape index (κ2) is 7.14. The molecule has 1 atom stereocenters. The minimum Gasteiger partial charge on any atom is -0.490 e. The van der Waals surface area contributed by atoms with E-state index in [4.69, 9.17) is 9.47 Å². The van der Waals surface area contributed by atoms with Crippen molar-refractivity contribution in [1.29, 1.82) is 0 Å². The first-order valence-corrected chi connectivity index (χ1v) is 7.12. The van der Waals surface area contributed by atoms with E-state index < -0.39 is 0 Å². The second-order valence-corrected chi connectivity index (χ2v) is 4.88. The third-order valence-corrected chi connectivity index (χ3v) is 3.13. The van der Waals surface area contributed by atoms with E-state index >= 15 is 0 Å². The Balaban J connectivity index is 1.98. The Labute approximate surface area is 119 Å². The SMILES string of the molecule is CCN[C@H](C)CNC(=O)c1ccc2c(c1)OCCCO2. The molecular weight excluding hydrogens is 256 g/mol. The number of likely N-dealkylation sites (N-methyl/N-ethyl adjacent to an activating group) is 1. The van der Waals surface area contributed by atoms with Crippen molar-refractivity contribution in [3.63, 3.8) is 0 Å². The Morgan fingerprint density at radius 3 is 2.80 bits per heavy atom. The average Bonchev–Trinajstić information content (AvgIpc) is 2.69. The molecule has 110 valence electrons. The number of hydrogen-bond donors (Lipinski definition) is 2. The van der Waals surface area contributed by atoms with Gasteiger partial charge in [-0.05, 0) is 31.7 Å². The summed E-state index contributed by atoms with van der Waals surface area (Å²) >= 11 is 0. The zero-order valence-corrected chi connectivity index (χ0v) is 12.1. The summed E-state index contributed by atoms with van der Waals surface area (Å²) in [6.07, 6.45) is 0.858.